The zero-order valence-electron chi connectivity index (χ0n) is 19.0. The minimum Gasteiger partial charge on any atom is -0.480 e. The zero-order chi connectivity index (χ0) is 24.3. The SMILES string of the molecule is CC(C)CC(NC(=O)C(CCCN=C(N)N)NC(=O)C1CCCN1)C(=O)NC(C)C(=O)O. The molecule has 1 rings (SSSR count). The van der Waals surface area contributed by atoms with Crippen LogP contribution in [0.3, 0.4) is 0 Å². The van der Waals surface area contributed by atoms with Gasteiger partial charge in [0, 0.05) is 6.54 Å². The Labute approximate surface area is 188 Å². The first-order valence-electron chi connectivity index (χ1n) is 10.9. The van der Waals surface area contributed by atoms with E-state index in [9.17, 15) is 19.2 Å². The van der Waals surface area contributed by atoms with Crippen LogP contribution in [0.15, 0.2) is 4.99 Å². The summed E-state index contributed by atoms with van der Waals surface area (Å²) in [6.07, 6.45) is 2.56. The number of nitrogens with two attached hydrogens (primary N) is 2. The van der Waals surface area contributed by atoms with Gasteiger partial charge >= 0.3 is 5.97 Å². The molecule has 1 heterocycles. The Hall–Kier alpha value is -2.89. The van der Waals surface area contributed by atoms with Gasteiger partial charge in [-0.25, -0.2) is 0 Å². The molecule has 0 bridgehead atoms. The zero-order valence-corrected chi connectivity index (χ0v) is 19.0. The first-order valence-corrected chi connectivity index (χ1v) is 10.9. The van der Waals surface area contributed by atoms with Crippen molar-refractivity contribution in [3.8, 4) is 0 Å². The lowest BCUT2D eigenvalue weighted by Gasteiger charge is -2.25. The number of aliphatic carboxylic acids is 1. The average Bonchev–Trinajstić information content (AvgIpc) is 3.23. The molecule has 9 N–H and O–H groups in total. The van der Waals surface area contributed by atoms with E-state index in [1.807, 2.05) is 13.8 Å². The van der Waals surface area contributed by atoms with Crippen molar-refractivity contribution >= 4 is 29.7 Å². The van der Waals surface area contributed by atoms with Crippen LogP contribution >= 0.6 is 0 Å². The molecule has 1 fully saturated rings. The lowest BCUT2D eigenvalue weighted by atomic mass is 10.0. The lowest BCUT2D eigenvalue weighted by Crippen LogP contribution is -2.57. The van der Waals surface area contributed by atoms with Crippen molar-refractivity contribution in [3.05, 3.63) is 0 Å². The fourth-order valence-corrected chi connectivity index (χ4v) is 3.30. The number of nitrogens with zero attached hydrogens (tertiary/aromatic N) is 1. The molecule has 32 heavy (non-hydrogen) atoms. The number of hydrogen-bond acceptors (Lipinski definition) is 6. The predicted octanol–water partition coefficient (Wildman–Crippen LogP) is -1.60. The van der Waals surface area contributed by atoms with Gasteiger partial charge in [-0.2, -0.15) is 0 Å². The van der Waals surface area contributed by atoms with E-state index in [1.54, 1.807) is 0 Å². The van der Waals surface area contributed by atoms with Crippen molar-refractivity contribution in [1.29, 1.82) is 0 Å². The summed E-state index contributed by atoms with van der Waals surface area (Å²) in [6.45, 7) is 6.13. The van der Waals surface area contributed by atoms with Gasteiger partial charge in [-0.05, 0) is 51.5 Å². The van der Waals surface area contributed by atoms with E-state index in [-0.39, 0.29) is 36.8 Å². The lowest BCUT2D eigenvalue weighted by molar-refractivity contribution is -0.142. The van der Waals surface area contributed by atoms with Gasteiger partial charge in [0.1, 0.15) is 18.1 Å². The molecule has 12 heteroatoms. The number of rotatable bonds is 13. The van der Waals surface area contributed by atoms with Crippen LogP contribution in [0.2, 0.25) is 0 Å². The minimum absolute atomic E-state index is 0.0591. The van der Waals surface area contributed by atoms with E-state index in [0.29, 0.717) is 19.3 Å². The monoisotopic (exact) mass is 455 g/mol. The van der Waals surface area contributed by atoms with Gasteiger partial charge in [-0.15, -0.1) is 0 Å². The minimum atomic E-state index is -1.18. The first kappa shape index (κ1) is 27.1. The summed E-state index contributed by atoms with van der Waals surface area (Å²) in [5.74, 6) is -2.58. The topological polar surface area (TPSA) is 201 Å². The molecule has 0 aliphatic carbocycles. The number of aliphatic imine (C=N–C) groups is 1. The number of nitrogens with one attached hydrogen (secondary N) is 4. The van der Waals surface area contributed by atoms with E-state index >= 15 is 0 Å². The van der Waals surface area contributed by atoms with E-state index in [4.69, 9.17) is 16.6 Å². The van der Waals surface area contributed by atoms with E-state index in [1.165, 1.54) is 6.92 Å². The Morgan fingerprint density at radius 2 is 1.72 bits per heavy atom. The van der Waals surface area contributed by atoms with E-state index in [0.717, 1.165) is 13.0 Å². The third kappa shape index (κ3) is 9.94. The largest absolute Gasteiger partial charge is 0.480 e. The molecule has 182 valence electrons. The van der Waals surface area contributed by atoms with Crippen LogP contribution in [0.5, 0.6) is 0 Å². The summed E-state index contributed by atoms with van der Waals surface area (Å²) in [5, 5.41) is 19.9. The molecule has 3 amide bonds. The molecule has 4 atom stereocenters. The Balaban J connectivity index is 2.88. The van der Waals surface area contributed by atoms with Crippen molar-refractivity contribution < 1.29 is 24.3 Å². The van der Waals surface area contributed by atoms with Gasteiger partial charge in [0.25, 0.3) is 0 Å². The molecule has 1 saturated heterocycles. The fourth-order valence-electron chi connectivity index (χ4n) is 3.30. The molecule has 0 aromatic carbocycles. The highest BCUT2D eigenvalue weighted by molar-refractivity contribution is 5.94. The van der Waals surface area contributed by atoms with E-state index < -0.39 is 35.9 Å². The smallest absolute Gasteiger partial charge is 0.325 e. The second-order valence-corrected chi connectivity index (χ2v) is 8.42. The normalized spacial score (nSPS) is 18.3. The highest BCUT2D eigenvalue weighted by Gasteiger charge is 2.30. The number of guanidine groups is 1. The second-order valence-electron chi connectivity index (χ2n) is 8.42. The third-order valence-corrected chi connectivity index (χ3v) is 5.02. The Kier molecular flexibility index (Phi) is 11.5. The van der Waals surface area contributed by atoms with Gasteiger partial charge in [0.15, 0.2) is 5.96 Å². The maximum absolute atomic E-state index is 13.0. The predicted molar refractivity (Wildman–Crippen MR) is 119 cm³/mol. The number of carboxylic acid groups (broad SMARTS) is 1. The third-order valence-electron chi connectivity index (χ3n) is 5.02. The molecule has 12 nitrogen and oxygen atoms in total. The molecule has 1 aliphatic rings. The molecule has 0 spiro atoms. The van der Waals surface area contributed by atoms with Crippen LogP contribution in [0.1, 0.15) is 52.9 Å². The van der Waals surface area contributed by atoms with E-state index in [2.05, 4.69) is 26.3 Å². The van der Waals surface area contributed by atoms with Crippen LogP contribution < -0.4 is 32.7 Å². The Morgan fingerprint density at radius 3 is 2.25 bits per heavy atom. The maximum Gasteiger partial charge on any atom is 0.325 e. The number of carboxylic acids is 1. The van der Waals surface area contributed by atoms with Crippen molar-refractivity contribution in [2.45, 2.75) is 77.0 Å². The summed E-state index contributed by atoms with van der Waals surface area (Å²) in [7, 11) is 0. The van der Waals surface area contributed by atoms with Gasteiger partial charge in [-0.1, -0.05) is 13.8 Å². The maximum atomic E-state index is 13.0. The van der Waals surface area contributed by atoms with Crippen molar-refractivity contribution in [2.75, 3.05) is 13.1 Å². The van der Waals surface area contributed by atoms with Crippen LogP contribution in [-0.2, 0) is 19.2 Å². The number of hydrogen-bond donors (Lipinski definition) is 7. The first-order chi connectivity index (χ1) is 15.0. The summed E-state index contributed by atoms with van der Waals surface area (Å²) in [4.78, 5) is 53.1. The second kappa shape index (κ2) is 13.5. The number of carbonyl (C=O) groups excluding carboxylic acids is 3. The highest BCUT2D eigenvalue weighted by Crippen LogP contribution is 2.09. The van der Waals surface area contributed by atoms with Gasteiger partial charge in [0.05, 0.1) is 6.04 Å². The van der Waals surface area contributed by atoms with Crippen molar-refractivity contribution in [1.82, 2.24) is 21.3 Å². The van der Waals surface area contributed by atoms with Crippen LogP contribution in [0.25, 0.3) is 0 Å². The highest BCUT2D eigenvalue weighted by atomic mass is 16.4. The Morgan fingerprint density at radius 1 is 1.06 bits per heavy atom. The van der Waals surface area contributed by atoms with Crippen molar-refractivity contribution in [2.24, 2.45) is 22.4 Å². The number of amides is 3. The fraction of sp³-hybridized carbons (Fsp3) is 0.750. The molecule has 0 aromatic heterocycles. The molecule has 4 unspecified atom stereocenters. The number of carbonyl (C=O) groups is 4. The van der Waals surface area contributed by atoms with Crippen molar-refractivity contribution in [3.63, 3.8) is 0 Å². The summed E-state index contributed by atoms with van der Waals surface area (Å²) >= 11 is 0. The molecular formula is C20H37N7O5. The Bertz CT molecular complexity index is 688. The van der Waals surface area contributed by atoms with Gasteiger partial charge < -0.3 is 37.8 Å². The standard InChI is InChI=1S/C20H37N7O5/c1-11(2)10-15(18(30)25-12(3)19(31)32)27-17(29)14(7-5-9-24-20(21)22)26-16(28)13-6-4-8-23-13/h11-15,23H,4-10H2,1-3H3,(H,25,30)(H,26,28)(H,27,29)(H,31,32)(H4,21,22,24). The van der Waals surface area contributed by atoms with Crippen LogP contribution in [0.4, 0.5) is 0 Å². The average molecular weight is 456 g/mol. The molecule has 0 aromatic rings. The molecular weight excluding hydrogens is 418 g/mol. The van der Waals surface area contributed by atoms with Gasteiger partial charge in [0.2, 0.25) is 17.7 Å². The molecule has 0 radical (unpaired) electrons. The molecule has 1 aliphatic heterocycles. The summed E-state index contributed by atoms with van der Waals surface area (Å²) < 4.78 is 0. The summed E-state index contributed by atoms with van der Waals surface area (Å²) in [5.41, 5.74) is 10.6. The quantitative estimate of drug-likeness (QED) is 0.0976. The summed E-state index contributed by atoms with van der Waals surface area (Å²) in [6, 6.07) is -3.30. The van der Waals surface area contributed by atoms with Crippen LogP contribution in [0, 0.1) is 5.92 Å². The van der Waals surface area contributed by atoms with Gasteiger partial charge in [-0.3, -0.25) is 24.2 Å². The molecule has 0 saturated carbocycles. The van der Waals surface area contributed by atoms with Crippen LogP contribution in [-0.4, -0.2) is 72.0 Å².